The van der Waals surface area contributed by atoms with E-state index in [1.165, 1.54) is 5.01 Å². The van der Waals surface area contributed by atoms with Gasteiger partial charge in [0, 0.05) is 16.7 Å². The van der Waals surface area contributed by atoms with Gasteiger partial charge in [-0.15, -0.1) is 0 Å². The van der Waals surface area contributed by atoms with Crippen molar-refractivity contribution < 1.29 is 19.1 Å². The Balaban J connectivity index is 1.93. The molecule has 0 saturated heterocycles. The van der Waals surface area contributed by atoms with Crippen LogP contribution in [-0.4, -0.2) is 35.6 Å². The lowest BCUT2D eigenvalue weighted by molar-refractivity contribution is 0.0357. The maximum atomic E-state index is 13.4. The highest BCUT2D eigenvalue weighted by Crippen LogP contribution is 2.36. The summed E-state index contributed by atoms with van der Waals surface area (Å²) in [5, 5.41) is 1.38. The van der Waals surface area contributed by atoms with Crippen molar-refractivity contribution in [3.63, 3.8) is 0 Å². The fourth-order valence-electron chi connectivity index (χ4n) is 3.40. The minimum Gasteiger partial charge on any atom is -0.486 e. The molecule has 0 spiro atoms. The van der Waals surface area contributed by atoms with Gasteiger partial charge in [0.2, 0.25) is 0 Å². The number of benzene rings is 2. The number of hydrazine groups is 1. The number of nitrogens with one attached hydrogen (secondary N) is 1. The van der Waals surface area contributed by atoms with Gasteiger partial charge >= 0.3 is 0 Å². The van der Waals surface area contributed by atoms with Gasteiger partial charge in [0.1, 0.15) is 13.2 Å². The van der Waals surface area contributed by atoms with Gasteiger partial charge in [0.15, 0.2) is 11.5 Å². The monoisotopic (exact) mass is 396 g/mol. The third-order valence-corrected chi connectivity index (χ3v) is 4.76. The van der Waals surface area contributed by atoms with Gasteiger partial charge in [-0.2, -0.15) is 0 Å². The Labute approximate surface area is 171 Å². The lowest BCUT2D eigenvalue weighted by Gasteiger charge is -2.36. The smallest absolute Gasteiger partial charge is 0.273 e. The Morgan fingerprint density at radius 1 is 0.966 bits per heavy atom. The summed E-state index contributed by atoms with van der Waals surface area (Å²) in [6.07, 6.45) is 0. The van der Waals surface area contributed by atoms with E-state index in [0.29, 0.717) is 41.4 Å². The Bertz CT molecular complexity index is 940. The van der Waals surface area contributed by atoms with Gasteiger partial charge in [-0.05, 0) is 65.8 Å². The van der Waals surface area contributed by atoms with Crippen molar-refractivity contribution in [2.75, 3.05) is 13.2 Å². The van der Waals surface area contributed by atoms with Gasteiger partial charge in [-0.25, -0.2) is 5.01 Å². The number of nitrogens with zero attached hydrogens (tertiary/aromatic N) is 1. The van der Waals surface area contributed by atoms with Crippen molar-refractivity contribution in [2.45, 2.75) is 47.1 Å². The molecule has 0 aliphatic carbocycles. The molecule has 2 amide bonds. The average Bonchev–Trinajstić information content (AvgIpc) is 2.64. The minimum absolute atomic E-state index is 0.301. The quantitative estimate of drug-likeness (QED) is 0.780. The molecule has 1 aliphatic heterocycles. The van der Waals surface area contributed by atoms with Crippen molar-refractivity contribution in [1.29, 1.82) is 0 Å². The van der Waals surface area contributed by atoms with Crippen molar-refractivity contribution >= 4 is 11.8 Å². The van der Waals surface area contributed by atoms with E-state index in [4.69, 9.17) is 9.47 Å². The molecule has 1 aliphatic rings. The molecular formula is C23H28N2O4. The van der Waals surface area contributed by atoms with Crippen LogP contribution in [0.2, 0.25) is 0 Å². The molecule has 3 rings (SSSR count). The van der Waals surface area contributed by atoms with Crippen molar-refractivity contribution in [2.24, 2.45) is 0 Å². The molecule has 2 aromatic carbocycles. The third kappa shape index (κ3) is 4.36. The molecule has 6 nitrogen and oxygen atoms in total. The van der Waals surface area contributed by atoms with Crippen LogP contribution < -0.4 is 14.9 Å². The number of hydrogen-bond acceptors (Lipinski definition) is 4. The zero-order valence-electron chi connectivity index (χ0n) is 17.9. The summed E-state index contributed by atoms with van der Waals surface area (Å²) >= 11 is 0. The summed E-state index contributed by atoms with van der Waals surface area (Å²) in [6, 6.07) is 9.07. The number of carbonyl (C=O) groups excluding carboxylic acids is 2. The summed E-state index contributed by atoms with van der Waals surface area (Å²) in [6.45, 7) is 12.3. The highest BCUT2D eigenvalue weighted by atomic mass is 16.6. The number of hydrogen-bond donors (Lipinski definition) is 1. The van der Waals surface area contributed by atoms with Gasteiger partial charge < -0.3 is 9.47 Å². The van der Waals surface area contributed by atoms with E-state index in [1.807, 2.05) is 59.7 Å². The number of ether oxygens (including phenoxy) is 2. The molecule has 29 heavy (non-hydrogen) atoms. The van der Waals surface area contributed by atoms with Crippen LogP contribution in [0.4, 0.5) is 0 Å². The largest absolute Gasteiger partial charge is 0.486 e. The van der Waals surface area contributed by atoms with E-state index in [9.17, 15) is 9.59 Å². The standard InChI is InChI=1S/C23H28N2O4/c1-14-11-15(2)13-17(12-14)21(26)24-25(23(4,5)6)22(27)18-7-8-19-20(16(18)3)29-10-9-28-19/h7-8,11-13H,9-10H2,1-6H3,(H,24,26). The average molecular weight is 396 g/mol. The zero-order valence-corrected chi connectivity index (χ0v) is 17.9. The molecule has 0 saturated carbocycles. The van der Waals surface area contributed by atoms with E-state index in [2.05, 4.69) is 5.43 Å². The molecule has 0 radical (unpaired) electrons. The van der Waals surface area contributed by atoms with Crippen LogP contribution in [0, 0.1) is 20.8 Å². The number of aryl methyl sites for hydroxylation is 2. The fraction of sp³-hybridized carbons (Fsp3) is 0.391. The van der Waals surface area contributed by atoms with Crippen LogP contribution in [-0.2, 0) is 0 Å². The summed E-state index contributed by atoms with van der Waals surface area (Å²) in [7, 11) is 0. The zero-order chi connectivity index (χ0) is 21.3. The number of fused-ring (bicyclic) bond motifs is 1. The summed E-state index contributed by atoms with van der Waals surface area (Å²) in [4.78, 5) is 26.3. The highest BCUT2D eigenvalue weighted by Gasteiger charge is 2.32. The predicted octanol–water partition coefficient (Wildman–Crippen LogP) is 3.97. The Kier molecular flexibility index (Phi) is 5.55. The van der Waals surface area contributed by atoms with Crippen LogP contribution >= 0.6 is 0 Å². The molecule has 2 aromatic rings. The molecule has 0 bridgehead atoms. The van der Waals surface area contributed by atoms with Crippen molar-refractivity contribution in [1.82, 2.24) is 10.4 Å². The lowest BCUT2D eigenvalue weighted by atomic mass is 10.0. The lowest BCUT2D eigenvalue weighted by Crippen LogP contribution is -2.56. The van der Waals surface area contributed by atoms with Gasteiger partial charge in [0.25, 0.3) is 11.8 Å². The molecular weight excluding hydrogens is 368 g/mol. The SMILES string of the molecule is Cc1cc(C)cc(C(=O)NN(C(=O)c2ccc3c(c2C)OCCO3)C(C)(C)C)c1. The summed E-state index contributed by atoms with van der Waals surface area (Å²) in [5.74, 6) is 0.587. The predicted molar refractivity (Wildman–Crippen MR) is 111 cm³/mol. The first-order valence-corrected chi connectivity index (χ1v) is 9.71. The topological polar surface area (TPSA) is 67.9 Å². The first-order valence-electron chi connectivity index (χ1n) is 9.71. The second-order valence-electron chi connectivity index (χ2n) is 8.39. The highest BCUT2D eigenvalue weighted by molar-refractivity contribution is 6.00. The van der Waals surface area contributed by atoms with Gasteiger partial charge in [0.05, 0.1) is 5.54 Å². The number of rotatable bonds is 2. The van der Waals surface area contributed by atoms with Crippen LogP contribution in [0.15, 0.2) is 30.3 Å². The molecule has 1 N–H and O–H groups in total. The van der Waals surface area contributed by atoms with Crippen molar-refractivity contribution in [3.05, 3.63) is 58.1 Å². The van der Waals surface area contributed by atoms with Crippen LogP contribution in [0.25, 0.3) is 0 Å². The fourth-order valence-corrected chi connectivity index (χ4v) is 3.40. The summed E-state index contributed by atoms with van der Waals surface area (Å²) < 4.78 is 11.3. The second-order valence-corrected chi connectivity index (χ2v) is 8.39. The molecule has 6 heteroatoms. The third-order valence-electron chi connectivity index (χ3n) is 4.76. The summed E-state index contributed by atoms with van der Waals surface area (Å²) in [5.41, 5.74) is 5.83. The molecule has 0 aromatic heterocycles. The first-order chi connectivity index (χ1) is 13.6. The normalized spacial score (nSPS) is 13.0. The van der Waals surface area contributed by atoms with E-state index in [0.717, 1.165) is 11.1 Å². The van der Waals surface area contributed by atoms with E-state index in [-0.39, 0.29) is 11.8 Å². The minimum atomic E-state index is -0.634. The molecule has 0 atom stereocenters. The van der Waals surface area contributed by atoms with Gasteiger partial charge in [-0.3, -0.25) is 15.0 Å². The van der Waals surface area contributed by atoms with Crippen LogP contribution in [0.3, 0.4) is 0 Å². The van der Waals surface area contributed by atoms with Crippen LogP contribution in [0.5, 0.6) is 11.5 Å². The van der Waals surface area contributed by atoms with Crippen LogP contribution in [0.1, 0.15) is 58.2 Å². The molecule has 0 unspecified atom stereocenters. The first kappa shape index (κ1) is 20.7. The van der Waals surface area contributed by atoms with E-state index in [1.54, 1.807) is 12.1 Å². The number of carbonyl (C=O) groups is 2. The molecule has 154 valence electrons. The maximum Gasteiger partial charge on any atom is 0.273 e. The molecule has 0 fully saturated rings. The Hall–Kier alpha value is -3.02. The second kappa shape index (κ2) is 7.78. The van der Waals surface area contributed by atoms with E-state index < -0.39 is 5.54 Å². The molecule has 1 heterocycles. The van der Waals surface area contributed by atoms with Crippen molar-refractivity contribution in [3.8, 4) is 11.5 Å². The van der Waals surface area contributed by atoms with Gasteiger partial charge in [-0.1, -0.05) is 17.2 Å². The Morgan fingerprint density at radius 3 is 2.21 bits per heavy atom. The maximum absolute atomic E-state index is 13.4. The Morgan fingerprint density at radius 2 is 1.59 bits per heavy atom. The number of amides is 2. The van der Waals surface area contributed by atoms with E-state index >= 15 is 0 Å².